The van der Waals surface area contributed by atoms with Crippen molar-refractivity contribution in [3.8, 4) is 33.4 Å². The van der Waals surface area contributed by atoms with E-state index >= 15 is 0 Å². The predicted octanol–water partition coefficient (Wildman–Crippen LogP) is 9.36. The van der Waals surface area contributed by atoms with E-state index in [0.717, 1.165) is 33.4 Å². The van der Waals surface area contributed by atoms with E-state index in [1.54, 1.807) is 77.9 Å². The van der Waals surface area contributed by atoms with Gasteiger partial charge < -0.3 is 27.1 Å². The Bertz CT molecular complexity index is 1520. The highest BCUT2D eigenvalue weighted by atomic mass is 31.2. The molecule has 0 aromatic heterocycles. The Morgan fingerprint density at radius 3 is 0.688 bits per heavy atom. The summed E-state index contributed by atoms with van der Waals surface area (Å²) in [5.41, 5.74) is 5.41. The fraction of sp³-hybridized carbons (Fsp3) is 0.333. The highest BCUT2D eigenvalue weighted by molar-refractivity contribution is 7.62. The molecule has 0 spiro atoms. The average molecular weight is 715 g/mol. The molecule has 258 valence electrons. The van der Waals surface area contributed by atoms with Crippen molar-refractivity contribution in [1.29, 1.82) is 0 Å². The maximum absolute atomic E-state index is 13.4. The van der Waals surface area contributed by atoms with Gasteiger partial charge in [0.2, 0.25) is 0 Å². The first-order valence-corrected chi connectivity index (χ1v) is 20.9. The van der Waals surface area contributed by atoms with E-state index in [1.165, 1.54) is 0 Å². The lowest BCUT2D eigenvalue weighted by Gasteiger charge is -2.18. The minimum Gasteiger partial charge on any atom is -0.305 e. The molecular weight excluding hydrogens is 669 g/mol. The Hall–Kier alpha value is -2.67. The topological polar surface area (TPSA) is 107 Å². The zero-order valence-corrected chi connectivity index (χ0v) is 31.1. The van der Waals surface area contributed by atoms with Gasteiger partial charge in [0.1, 0.15) is 0 Å². The third-order valence-corrected chi connectivity index (χ3v) is 13.7. The molecule has 4 aromatic carbocycles. The molecule has 0 aliphatic carbocycles. The van der Waals surface area contributed by atoms with Gasteiger partial charge in [0, 0.05) is 0 Å². The second-order valence-electron chi connectivity index (χ2n) is 10.4. The molecule has 0 saturated carbocycles. The van der Waals surface area contributed by atoms with Gasteiger partial charge in [-0.2, -0.15) is 0 Å². The predicted molar refractivity (Wildman–Crippen MR) is 194 cm³/mol. The van der Waals surface area contributed by atoms with Crippen LogP contribution in [0.3, 0.4) is 0 Å². The molecule has 9 nitrogen and oxygen atoms in total. The van der Waals surface area contributed by atoms with Crippen LogP contribution in [0.2, 0.25) is 0 Å². The largest absolute Gasteiger partial charge is 0.361 e. The zero-order valence-electron chi connectivity index (χ0n) is 28.4. The Balaban J connectivity index is 1.81. The van der Waals surface area contributed by atoms with Crippen LogP contribution in [0.4, 0.5) is 0 Å². The van der Waals surface area contributed by atoms with Crippen LogP contribution in [0.1, 0.15) is 41.5 Å². The lowest BCUT2D eigenvalue weighted by atomic mass is 9.93. The highest BCUT2D eigenvalue weighted by Gasteiger charge is 2.28. The van der Waals surface area contributed by atoms with E-state index in [1.807, 2.05) is 36.4 Å². The summed E-state index contributed by atoms with van der Waals surface area (Å²) in [7, 11) is -10.3. The third-order valence-electron chi connectivity index (χ3n) is 7.28. The van der Waals surface area contributed by atoms with Crippen molar-refractivity contribution >= 4 is 38.7 Å². The van der Waals surface area contributed by atoms with Gasteiger partial charge in [-0.05, 0) is 130 Å². The summed E-state index contributed by atoms with van der Waals surface area (Å²) in [6, 6.07) is 28.2. The van der Waals surface area contributed by atoms with Crippen molar-refractivity contribution in [3.63, 3.8) is 0 Å². The quantitative estimate of drug-likeness (QED) is 0.0932. The highest BCUT2D eigenvalue weighted by Crippen LogP contribution is 2.49. The Morgan fingerprint density at radius 1 is 0.333 bits per heavy atom. The van der Waals surface area contributed by atoms with E-state index in [4.69, 9.17) is 27.1 Å². The molecule has 48 heavy (non-hydrogen) atoms. The molecule has 0 heterocycles. The van der Waals surface area contributed by atoms with Gasteiger partial charge in [0.05, 0.1) is 55.6 Å². The van der Waals surface area contributed by atoms with Crippen LogP contribution in [0.15, 0.2) is 91.0 Å². The van der Waals surface area contributed by atoms with Gasteiger partial charge in [0.25, 0.3) is 0 Å². The first-order valence-electron chi connectivity index (χ1n) is 16.2. The van der Waals surface area contributed by atoms with Crippen molar-refractivity contribution < 1.29 is 40.8 Å². The van der Waals surface area contributed by atoms with E-state index in [0.29, 0.717) is 15.9 Å². The molecule has 0 unspecified atom stereocenters. The number of rotatable bonds is 18. The maximum Gasteiger partial charge on any atom is 0.361 e. The molecule has 0 atom stereocenters. The lowest BCUT2D eigenvalue weighted by molar-refractivity contribution is 0.229. The molecule has 0 aliphatic heterocycles. The fourth-order valence-corrected chi connectivity index (χ4v) is 9.92. The Morgan fingerprint density at radius 2 is 0.521 bits per heavy atom. The van der Waals surface area contributed by atoms with E-state index in [2.05, 4.69) is 18.2 Å². The first kappa shape index (κ1) is 38.1. The van der Waals surface area contributed by atoms with Crippen molar-refractivity contribution in [1.82, 2.24) is 0 Å². The summed E-state index contributed by atoms with van der Waals surface area (Å²) in [6.45, 7) is 12.3. The van der Waals surface area contributed by atoms with Crippen LogP contribution in [0.5, 0.6) is 0 Å². The molecule has 0 aliphatic rings. The summed E-state index contributed by atoms with van der Waals surface area (Å²) < 4.78 is 73.4. The van der Waals surface area contributed by atoms with Gasteiger partial charge in [-0.3, -0.25) is 13.7 Å². The molecule has 0 bridgehead atoms. The SMILES string of the molecule is CCOP(=O)(OCC)c1ccc(-c2cc(-c3ccc(P(=O)(OCC)OCC)cc3)cc(-c3ccc(P(=O)(OCC)OCC)cc3)c2)cc1. The normalized spacial score (nSPS) is 12.4. The molecule has 0 amide bonds. The van der Waals surface area contributed by atoms with Crippen molar-refractivity contribution in [2.45, 2.75) is 41.5 Å². The lowest BCUT2D eigenvalue weighted by Crippen LogP contribution is -2.10. The monoisotopic (exact) mass is 714 g/mol. The standard InChI is InChI=1S/C36H45O9P3/c1-7-40-46(37,41-8-2)34-19-13-28(14-20-34)31-25-32(29-15-21-35(22-16-29)47(38,42-9-3)43-10-4)27-33(26-31)30-17-23-36(24-18-30)48(39,44-11-5)45-12-6/h13-27H,7-12H2,1-6H3. The minimum absolute atomic E-state index is 0.261. The molecular formula is C36H45O9P3. The zero-order chi connectivity index (χ0) is 34.8. The Kier molecular flexibility index (Phi) is 13.8. The van der Waals surface area contributed by atoms with Crippen LogP contribution < -0.4 is 15.9 Å². The van der Waals surface area contributed by atoms with Crippen molar-refractivity contribution in [2.75, 3.05) is 39.6 Å². The molecule has 0 saturated heterocycles. The first-order chi connectivity index (χ1) is 23.1. The van der Waals surface area contributed by atoms with E-state index < -0.39 is 22.8 Å². The number of benzene rings is 4. The summed E-state index contributed by atoms with van der Waals surface area (Å²) in [5, 5.41) is 1.45. The number of hydrogen-bond acceptors (Lipinski definition) is 9. The van der Waals surface area contributed by atoms with Crippen LogP contribution >= 0.6 is 22.8 Å². The minimum atomic E-state index is -3.44. The number of hydrogen-bond donors (Lipinski definition) is 0. The van der Waals surface area contributed by atoms with Crippen molar-refractivity contribution in [2.24, 2.45) is 0 Å². The van der Waals surface area contributed by atoms with Crippen LogP contribution in [-0.2, 0) is 40.8 Å². The molecule has 0 radical (unpaired) electrons. The average Bonchev–Trinajstić information content (AvgIpc) is 3.09. The second kappa shape index (κ2) is 17.3. The van der Waals surface area contributed by atoms with Gasteiger partial charge in [0.15, 0.2) is 0 Å². The third kappa shape index (κ3) is 8.91. The summed E-state index contributed by atoms with van der Waals surface area (Å²) in [6.07, 6.45) is 0. The van der Waals surface area contributed by atoms with Crippen LogP contribution in [-0.4, -0.2) is 39.6 Å². The molecule has 4 rings (SSSR count). The van der Waals surface area contributed by atoms with Gasteiger partial charge in [-0.25, -0.2) is 0 Å². The van der Waals surface area contributed by atoms with Gasteiger partial charge >= 0.3 is 22.8 Å². The Labute approximate surface area is 284 Å². The van der Waals surface area contributed by atoms with Crippen molar-refractivity contribution in [3.05, 3.63) is 91.0 Å². The van der Waals surface area contributed by atoms with Gasteiger partial charge in [-0.1, -0.05) is 36.4 Å². The summed E-state index contributed by atoms with van der Waals surface area (Å²) in [5.74, 6) is 0. The second-order valence-corrected chi connectivity index (χ2v) is 16.5. The smallest absolute Gasteiger partial charge is 0.305 e. The van der Waals surface area contributed by atoms with Crippen LogP contribution in [0.25, 0.3) is 33.4 Å². The fourth-order valence-electron chi connectivity index (χ4n) is 5.22. The summed E-state index contributed by atoms with van der Waals surface area (Å²) in [4.78, 5) is 0. The van der Waals surface area contributed by atoms with E-state index in [9.17, 15) is 13.7 Å². The molecule has 12 heteroatoms. The molecule has 0 fully saturated rings. The van der Waals surface area contributed by atoms with E-state index in [-0.39, 0.29) is 39.6 Å². The van der Waals surface area contributed by atoms with Gasteiger partial charge in [-0.15, -0.1) is 0 Å². The summed E-state index contributed by atoms with van der Waals surface area (Å²) >= 11 is 0. The molecule has 4 aromatic rings. The molecule has 0 N–H and O–H groups in total. The van der Waals surface area contributed by atoms with Crippen LogP contribution in [0, 0.1) is 0 Å². The maximum atomic E-state index is 13.4.